The molecule has 0 aliphatic rings. The van der Waals surface area contributed by atoms with Gasteiger partial charge in [-0.1, -0.05) is 18.2 Å². The molecule has 4 rings (SSSR count). The molecule has 4 aromatic rings. The summed E-state index contributed by atoms with van der Waals surface area (Å²) in [5, 5.41) is 12.2. The minimum atomic E-state index is -0.103. The van der Waals surface area contributed by atoms with Crippen LogP contribution in [0, 0.1) is 6.92 Å². The van der Waals surface area contributed by atoms with Gasteiger partial charge in [-0.25, -0.2) is 9.67 Å². The zero-order valence-corrected chi connectivity index (χ0v) is 15.7. The summed E-state index contributed by atoms with van der Waals surface area (Å²) in [6, 6.07) is 11.9. The minimum absolute atomic E-state index is 0.103. The van der Waals surface area contributed by atoms with Crippen LogP contribution in [0.4, 0.5) is 0 Å². The Bertz CT molecular complexity index is 1020. The second kappa shape index (κ2) is 7.23. The van der Waals surface area contributed by atoms with Crippen molar-refractivity contribution < 1.29 is 4.79 Å². The molecule has 130 valence electrons. The van der Waals surface area contributed by atoms with Gasteiger partial charge in [-0.15, -0.1) is 11.3 Å². The maximum absolute atomic E-state index is 12.5. The van der Waals surface area contributed by atoms with Gasteiger partial charge in [-0.2, -0.15) is 16.4 Å². The number of hydrogen-bond acceptors (Lipinski definition) is 5. The van der Waals surface area contributed by atoms with Crippen molar-refractivity contribution in [1.82, 2.24) is 20.1 Å². The summed E-state index contributed by atoms with van der Waals surface area (Å²) in [6.07, 6.45) is 3.69. The first-order valence-electron chi connectivity index (χ1n) is 8.08. The van der Waals surface area contributed by atoms with Crippen LogP contribution < -0.4 is 5.32 Å². The molecule has 0 radical (unpaired) electrons. The number of aryl methyl sites for hydroxylation is 1. The molecule has 0 fully saturated rings. The maximum atomic E-state index is 12.5. The number of nitrogens with one attached hydrogen (secondary N) is 1. The van der Waals surface area contributed by atoms with Crippen LogP contribution in [0.15, 0.2) is 59.6 Å². The van der Waals surface area contributed by atoms with E-state index in [4.69, 9.17) is 0 Å². The fourth-order valence-electron chi connectivity index (χ4n) is 2.55. The number of carbonyl (C=O) groups excluding carboxylic acids is 1. The Morgan fingerprint density at radius 1 is 1.23 bits per heavy atom. The third kappa shape index (κ3) is 3.44. The lowest BCUT2D eigenvalue weighted by Gasteiger charge is -2.02. The van der Waals surface area contributed by atoms with Gasteiger partial charge in [0.1, 0.15) is 9.88 Å². The van der Waals surface area contributed by atoms with Crippen LogP contribution in [-0.4, -0.2) is 20.7 Å². The zero-order chi connectivity index (χ0) is 17.9. The van der Waals surface area contributed by atoms with Crippen LogP contribution in [0.3, 0.4) is 0 Å². The number of hydrogen-bond donors (Lipinski definition) is 1. The van der Waals surface area contributed by atoms with Crippen LogP contribution in [-0.2, 0) is 6.54 Å². The Kier molecular flexibility index (Phi) is 4.64. The van der Waals surface area contributed by atoms with E-state index >= 15 is 0 Å². The summed E-state index contributed by atoms with van der Waals surface area (Å²) in [5.41, 5.74) is 3.76. The van der Waals surface area contributed by atoms with Gasteiger partial charge in [0.2, 0.25) is 0 Å². The molecule has 7 heteroatoms. The molecule has 0 bridgehead atoms. The molecule has 26 heavy (non-hydrogen) atoms. The van der Waals surface area contributed by atoms with Crippen LogP contribution >= 0.6 is 22.7 Å². The first kappa shape index (κ1) is 16.7. The summed E-state index contributed by atoms with van der Waals surface area (Å²) < 4.78 is 1.80. The standard InChI is InChI=1S/C19H16N4OS2/c1-13-17(26-19(22-13)15-7-8-25-12-15)18(24)20-9-14-10-21-23(11-14)16-5-3-2-4-6-16/h2-8,10-12H,9H2,1H3,(H,20,24). The van der Waals surface area contributed by atoms with Crippen LogP contribution in [0.1, 0.15) is 20.9 Å². The molecular weight excluding hydrogens is 364 g/mol. The maximum Gasteiger partial charge on any atom is 0.263 e. The number of carbonyl (C=O) groups is 1. The van der Waals surface area contributed by atoms with Gasteiger partial charge in [0.15, 0.2) is 0 Å². The number of thiazole rings is 1. The van der Waals surface area contributed by atoms with Gasteiger partial charge in [0.25, 0.3) is 5.91 Å². The van der Waals surface area contributed by atoms with E-state index in [9.17, 15) is 4.79 Å². The Morgan fingerprint density at radius 3 is 2.85 bits per heavy atom. The Labute approximate surface area is 159 Å². The second-order valence-electron chi connectivity index (χ2n) is 5.76. The highest BCUT2D eigenvalue weighted by Gasteiger charge is 2.16. The number of aromatic nitrogens is 3. The molecule has 0 aliphatic carbocycles. The van der Waals surface area contributed by atoms with Crippen LogP contribution in [0.2, 0.25) is 0 Å². The molecule has 0 saturated carbocycles. The second-order valence-corrected chi connectivity index (χ2v) is 7.54. The average Bonchev–Trinajstić information content (AvgIpc) is 3.41. The van der Waals surface area contributed by atoms with E-state index in [1.807, 2.05) is 60.3 Å². The van der Waals surface area contributed by atoms with Crippen molar-refractivity contribution in [3.8, 4) is 16.3 Å². The molecule has 1 N–H and O–H groups in total. The molecule has 1 aromatic carbocycles. The predicted octanol–water partition coefficient (Wildman–Crippen LogP) is 4.30. The summed E-state index contributed by atoms with van der Waals surface area (Å²) in [5.74, 6) is -0.103. The lowest BCUT2D eigenvalue weighted by atomic mass is 10.3. The van der Waals surface area contributed by atoms with Gasteiger partial charge in [-0.3, -0.25) is 4.79 Å². The third-order valence-electron chi connectivity index (χ3n) is 3.88. The van der Waals surface area contributed by atoms with Gasteiger partial charge in [-0.05, 0) is 30.5 Å². The van der Waals surface area contributed by atoms with Crippen molar-refractivity contribution >= 4 is 28.6 Å². The summed E-state index contributed by atoms with van der Waals surface area (Å²) in [6.45, 7) is 2.30. The van der Waals surface area contributed by atoms with Gasteiger partial charge < -0.3 is 5.32 Å². The Hall–Kier alpha value is -2.77. The molecule has 3 heterocycles. The molecular formula is C19H16N4OS2. The van der Waals surface area contributed by atoms with E-state index in [2.05, 4.69) is 15.4 Å². The summed E-state index contributed by atoms with van der Waals surface area (Å²) in [7, 11) is 0. The molecule has 0 spiro atoms. The number of rotatable bonds is 5. The predicted molar refractivity (Wildman–Crippen MR) is 105 cm³/mol. The van der Waals surface area contributed by atoms with E-state index in [1.165, 1.54) is 11.3 Å². The zero-order valence-electron chi connectivity index (χ0n) is 14.0. The highest BCUT2D eigenvalue weighted by atomic mass is 32.1. The first-order valence-corrected chi connectivity index (χ1v) is 9.84. The number of thiophene rings is 1. The molecule has 0 saturated heterocycles. The van der Waals surface area contributed by atoms with Crippen molar-refractivity contribution in [1.29, 1.82) is 0 Å². The van der Waals surface area contributed by atoms with E-state index in [1.54, 1.807) is 22.2 Å². The smallest absolute Gasteiger partial charge is 0.263 e. The van der Waals surface area contributed by atoms with Crippen molar-refractivity contribution in [2.75, 3.05) is 0 Å². The average molecular weight is 380 g/mol. The highest BCUT2D eigenvalue weighted by Crippen LogP contribution is 2.29. The monoisotopic (exact) mass is 380 g/mol. The minimum Gasteiger partial charge on any atom is -0.347 e. The van der Waals surface area contributed by atoms with E-state index < -0.39 is 0 Å². The lowest BCUT2D eigenvalue weighted by molar-refractivity contribution is 0.0954. The lowest BCUT2D eigenvalue weighted by Crippen LogP contribution is -2.22. The van der Waals surface area contributed by atoms with E-state index in [0.717, 1.165) is 27.5 Å². The van der Waals surface area contributed by atoms with E-state index in [0.29, 0.717) is 11.4 Å². The van der Waals surface area contributed by atoms with Gasteiger partial charge in [0.05, 0.1) is 17.6 Å². The first-order chi connectivity index (χ1) is 12.7. The fraction of sp³-hybridized carbons (Fsp3) is 0.105. The molecule has 3 aromatic heterocycles. The van der Waals surface area contributed by atoms with E-state index in [-0.39, 0.29) is 5.91 Å². The topological polar surface area (TPSA) is 59.8 Å². The van der Waals surface area contributed by atoms with Crippen molar-refractivity contribution in [2.24, 2.45) is 0 Å². The van der Waals surface area contributed by atoms with Gasteiger partial charge in [0, 0.05) is 29.2 Å². The van der Waals surface area contributed by atoms with Crippen molar-refractivity contribution in [2.45, 2.75) is 13.5 Å². The molecule has 0 atom stereocenters. The molecule has 0 aliphatic heterocycles. The normalized spacial score (nSPS) is 10.8. The number of para-hydroxylation sites is 1. The number of benzene rings is 1. The molecule has 1 amide bonds. The highest BCUT2D eigenvalue weighted by molar-refractivity contribution is 7.17. The molecule has 0 unspecified atom stereocenters. The SMILES string of the molecule is Cc1nc(-c2ccsc2)sc1C(=O)NCc1cnn(-c2ccccc2)c1. The fourth-order valence-corrected chi connectivity index (χ4v) is 4.25. The number of nitrogens with zero attached hydrogens (tertiary/aromatic N) is 3. The third-order valence-corrected chi connectivity index (χ3v) is 5.77. The Morgan fingerprint density at radius 2 is 2.08 bits per heavy atom. The van der Waals surface area contributed by atoms with Crippen LogP contribution in [0.25, 0.3) is 16.3 Å². The summed E-state index contributed by atoms with van der Waals surface area (Å²) in [4.78, 5) is 17.7. The van der Waals surface area contributed by atoms with Crippen molar-refractivity contribution in [3.05, 3.63) is 75.7 Å². The van der Waals surface area contributed by atoms with Crippen molar-refractivity contribution in [3.63, 3.8) is 0 Å². The van der Waals surface area contributed by atoms with Crippen LogP contribution in [0.5, 0.6) is 0 Å². The number of amides is 1. The van der Waals surface area contributed by atoms with Gasteiger partial charge >= 0.3 is 0 Å². The quantitative estimate of drug-likeness (QED) is 0.562. The largest absolute Gasteiger partial charge is 0.347 e. The molecule has 5 nitrogen and oxygen atoms in total. The summed E-state index contributed by atoms with van der Waals surface area (Å²) >= 11 is 3.05. The Balaban J connectivity index is 1.44.